The summed E-state index contributed by atoms with van der Waals surface area (Å²) in [6.45, 7) is 5.74. The Labute approximate surface area is 198 Å². The van der Waals surface area contributed by atoms with Crippen LogP contribution >= 0.6 is 0 Å². The molecule has 0 fully saturated rings. The minimum atomic E-state index is -4.10. The van der Waals surface area contributed by atoms with Crippen LogP contribution in [0.3, 0.4) is 0 Å². The first-order valence-corrected chi connectivity index (χ1v) is 12.7. The largest absolute Gasteiger partial charge is 0.465 e. The number of benzene rings is 2. The molecule has 0 spiro atoms. The van der Waals surface area contributed by atoms with Gasteiger partial charge in [0.05, 0.1) is 12.7 Å². The Hall–Kier alpha value is -2.87. The lowest BCUT2D eigenvalue weighted by Crippen LogP contribution is -2.27. The van der Waals surface area contributed by atoms with E-state index in [1.807, 2.05) is 30.3 Å². The summed E-state index contributed by atoms with van der Waals surface area (Å²) in [5.41, 5.74) is 2.18. The highest BCUT2D eigenvalue weighted by atomic mass is 32.2. The molecule has 0 N–H and O–H groups in total. The third-order valence-corrected chi connectivity index (χ3v) is 6.41. The smallest absolute Gasteiger partial charge is 0.337 e. The molecule has 180 valence electrons. The molecular formula is C25H35N3O4S. The van der Waals surface area contributed by atoms with E-state index < -0.39 is 16.0 Å². The van der Waals surface area contributed by atoms with Crippen LogP contribution < -0.4 is 4.90 Å². The van der Waals surface area contributed by atoms with Gasteiger partial charge in [-0.1, -0.05) is 57.0 Å². The van der Waals surface area contributed by atoms with Gasteiger partial charge in [-0.25, -0.2) is 4.79 Å². The summed E-state index contributed by atoms with van der Waals surface area (Å²) in [5, 5.41) is 0. The van der Waals surface area contributed by atoms with E-state index in [0.29, 0.717) is 11.3 Å². The summed E-state index contributed by atoms with van der Waals surface area (Å²) in [7, 11) is 0.585. The number of esters is 1. The van der Waals surface area contributed by atoms with E-state index >= 15 is 0 Å². The Morgan fingerprint density at radius 2 is 1.64 bits per heavy atom. The zero-order valence-corrected chi connectivity index (χ0v) is 21.1. The van der Waals surface area contributed by atoms with E-state index in [0.717, 1.165) is 44.3 Å². The van der Waals surface area contributed by atoms with Crippen molar-refractivity contribution in [2.75, 3.05) is 39.2 Å². The minimum Gasteiger partial charge on any atom is -0.465 e. The molecule has 0 saturated carbocycles. The van der Waals surface area contributed by atoms with Crippen LogP contribution in [0.5, 0.6) is 0 Å². The number of nitrogens with zero attached hydrogens (tertiary/aromatic N) is 3. The summed E-state index contributed by atoms with van der Waals surface area (Å²) < 4.78 is 35.6. The van der Waals surface area contributed by atoms with E-state index in [1.165, 1.54) is 19.5 Å². The van der Waals surface area contributed by atoms with Crippen LogP contribution in [0.15, 0.2) is 51.8 Å². The van der Waals surface area contributed by atoms with E-state index in [4.69, 9.17) is 4.74 Å². The molecule has 0 aliphatic carbocycles. The van der Waals surface area contributed by atoms with Crippen molar-refractivity contribution in [1.82, 2.24) is 4.90 Å². The fraction of sp³-hybridized carbons (Fsp3) is 0.440. The Morgan fingerprint density at radius 3 is 2.15 bits per heavy atom. The number of ether oxygens (including phenoxy) is 1. The van der Waals surface area contributed by atoms with Crippen molar-refractivity contribution in [2.45, 2.75) is 44.4 Å². The summed E-state index contributed by atoms with van der Waals surface area (Å²) in [6, 6.07) is 12.5. The van der Waals surface area contributed by atoms with Crippen LogP contribution in [0.1, 0.15) is 49.9 Å². The second-order valence-electron chi connectivity index (χ2n) is 8.08. The normalized spacial score (nSPS) is 11.5. The third kappa shape index (κ3) is 7.05. The zero-order chi connectivity index (χ0) is 24.4. The number of hydrogen-bond acceptors (Lipinski definition) is 5. The number of hydrogen-bond donors (Lipinski definition) is 0. The van der Waals surface area contributed by atoms with E-state index in [-0.39, 0.29) is 10.5 Å². The van der Waals surface area contributed by atoms with Gasteiger partial charge in [-0.3, -0.25) is 0 Å². The third-order valence-electron chi connectivity index (χ3n) is 5.16. The number of unbranched alkanes of at least 4 members (excludes halogenated alkanes) is 2. The molecule has 0 unspecified atom stereocenters. The van der Waals surface area contributed by atoms with Gasteiger partial charge in [-0.15, -0.1) is 4.40 Å². The highest BCUT2D eigenvalue weighted by Gasteiger charge is 2.27. The number of rotatable bonds is 12. The molecule has 0 aliphatic rings. The molecule has 0 aliphatic heterocycles. The highest BCUT2D eigenvalue weighted by molar-refractivity contribution is 7.90. The first kappa shape index (κ1) is 26.4. The average molecular weight is 474 g/mol. The second-order valence-corrected chi connectivity index (χ2v) is 9.68. The lowest BCUT2D eigenvalue weighted by Gasteiger charge is -2.29. The lowest BCUT2D eigenvalue weighted by molar-refractivity contribution is 0.0600. The SMILES string of the molecule is CCCCN(CCCC)c1cc(C(=O)OC)cc(S(=O)(=O)/N=C/N(C)C)c1-c1ccccc1. The molecule has 0 radical (unpaired) electrons. The summed E-state index contributed by atoms with van der Waals surface area (Å²) in [5.74, 6) is -0.588. The number of carbonyl (C=O) groups excluding carboxylic acids is 1. The molecule has 2 aromatic carbocycles. The molecule has 0 heterocycles. The van der Waals surface area contributed by atoms with Crippen LogP contribution in [0.2, 0.25) is 0 Å². The van der Waals surface area contributed by atoms with Gasteiger partial charge in [0.1, 0.15) is 11.2 Å². The fourth-order valence-corrected chi connectivity index (χ4v) is 4.63. The van der Waals surface area contributed by atoms with Gasteiger partial charge in [-0.05, 0) is 30.5 Å². The van der Waals surface area contributed by atoms with Crippen molar-refractivity contribution in [3.05, 3.63) is 48.0 Å². The van der Waals surface area contributed by atoms with Gasteiger partial charge >= 0.3 is 5.97 Å². The maximum Gasteiger partial charge on any atom is 0.337 e. The molecular weight excluding hydrogens is 438 g/mol. The molecule has 2 rings (SSSR count). The number of carbonyl (C=O) groups is 1. The van der Waals surface area contributed by atoms with Crippen LogP contribution in [-0.4, -0.2) is 59.9 Å². The molecule has 0 atom stereocenters. The van der Waals surface area contributed by atoms with Gasteiger partial charge in [0.25, 0.3) is 10.0 Å². The van der Waals surface area contributed by atoms with E-state index in [2.05, 4.69) is 23.1 Å². The van der Waals surface area contributed by atoms with Crippen molar-refractivity contribution in [3.8, 4) is 11.1 Å². The van der Waals surface area contributed by atoms with Gasteiger partial charge in [0.2, 0.25) is 0 Å². The van der Waals surface area contributed by atoms with Crippen molar-refractivity contribution >= 4 is 28.0 Å². The Balaban J connectivity index is 2.91. The minimum absolute atomic E-state index is 0.0114. The summed E-state index contributed by atoms with van der Waals surface area (Å²) >= 11 is 0. The van der Waals surface area contributed by atoms with Crippen molar-refractivity contribution < 1.29 is 17.9 Å². The molecule has 0 saturated heterocycles. The second kappa shape index (κ2) is 12.4. The standard InChI is InChI=1S/C25H35N3O4S/c1-6-8-15-28(16-9-7-2)22-17-21(25(29)32-5)18-23(33(30,31)26-19-27(3)4)24(22)20-13-11-10-12-14-20/h10-14,17-19H,6-9,15-16H2,1-5H3/b26-19+. The van der Waals surface area contributed by atoms with Gasteiger partial charge in [-0.2, -0.15) is 8.42 Å². The Bertz CT molecular complexity index is 1040. The average Bonchev–Trinajstić information content (AvgIpc) is 2.82. The maximum atomic E-state index is 13.4. The van der Waals surface area contributed by atoms with Crippen LogP contribution in [-0.2, 0) is 14.8 Å². The monoisotopic (exact) mass is 473 g/mol. The number of methoxy groups -OCH3 is 1. The molecule has 0 bridgehead atoms. The number of anilines is 1. The molecule has 8 heteroatoms. The van der Waals surface area contributed by atoms with Crippen LogP contribution in [0.4, 0.5) is 5.69 Å². The zero-order valence-electron chi connectivity index (χ0n) is 20.2. The molecule has 0 aromatic heterocycles. The quantitative estimate of drug-likeness (QED) is 0.250. The molecule has 0 amide bonds. The van der Waals surface area contributed by atoms with E-state index in [9.17, 15) is 13.2 Å². The Kier molecular flexibility index (Phi) is 9.91. The first-order valence-electron chi connectivity index (χ1n) is 11.3. The fourth-order valence-electron chi connectivity index (χ4n) is 3.45. The van der Waals surface area contributed by atoms with Gasteiger partial charge < -0.3 is 14.5 Å². The van der Waals surface area contributed by atoms with Crippen LogP contribution in [0, 0.1) is 0 Å². The van der Waals surface area contributed by atoms with Gasteiger partial charge in [0, 0.05) is 38.4 Å². The van der Waals surface area contributed by atoms with E-state index in [1.54, 1.807) is 25.1 Å². The van der Waals surface area contributed by atoms with Crippen molar-refractivity contribution in [1.29, 1.82) is 0 Å². The highest BCUT2D eigenvalue weighted by Crippen LogP contribution is 2.39. The summed E-state index contributed by atoms with van der Waals surface area (Å²) in [6.07, 6.45) is 5.14. The lowest BCUT2D eigenvalue weighted by atomic mass is 9.99. The topological polar surface area (TPSA) is 79.3 Å². The maximum absolute atomic E-state index is 13.4. The van der Waals surface area contributed by atoms with Crippen molar-refractivity contribution in [3.63, 3.8) is 0 Å². The molecule has 7 nitrogen and oxygen atoms in total. The Morgan fingerprint density at radius 1 is 1.03 bits per heavy atom. The predicted octanol–water partition coefficient (Wildman–Crippen LogP) is 4.83. The molecule has 2 aromatic rings. The van der Waals surface area contributed by atoms with Gasteiger partial charge in [0.15, 0.2) is 0 Å². The molecule has 33 heavy (non-hydrogen) atoms. The first-order chi connectivity index (χ1) is 15.7. The summed E-state index contributed by atoms with van der Waals surface area (Å²) in [4.78, 5) is 16.2. The van der Waals surface area contributed by atoms with Crippen LogP contribution in [0.25, 0.3) is 11.1 Å². The van der Waals surface area contributed by atoms with Crippen molar-refractivity contribution in [2.24, 2.45) is 4.40 Å². The number of sulfonamides is 1. The predicted molar refractivity (Wildman–Crippen MR) is 135 cm³/mol.